The Morgan fingerprint density at radius 3 is 2.56 bits per heavy atom. The molecule has 0 fully saturated rings. The number of halogens is 1. The van der Waals surface area contributed by atoms with Gasteiger partial charge in [-0.1, -0.05) is 18.2 Å². The minimum atomic E-state index is -4.09. The summed E-state index contributed by atoms with van der Waals surface area (Å²) in [6, 6.07) is 16.4. The number of nitrogens with one attached hydrogen (secondary N) is 1. The Morgan fingerprint density at radius 1 is 1.09 bits per heavy atom. The fraction of sp³-hybridized carbons (Fsp3) is 0.208. The third-order valence-corrected chi connectivity index (χ3v) is 6.85. The molecule has 0 spiro atoms. The van der Waals surface area contributed by atoms with Crippen LogP contribution in [0.15, 0.2) is 65.6 Å². The quantitative estimate of drug-likeness (QED) is 0.614. The van der Waals surface area contributed by atoms with E-state index in [1.807, 2.05) is 18.2 Å². The zero-order chi connectivity index (χ0) is 22.9. The number of amides is 1. The first kappa shape index (κ1) is 21.8. The third-order valence-electron chi connectivity index (χ3n) is 5.45. The zero-order valence-electron chi connectivity index (χ0n) is 17.8. The summed E-state index contributed by atoms with van der Waals surface area (Å²) < 4.78 is 47.6. The lowest BCUT2D eigenvalue weighted by atomic mass is 10.00. The number of carbonyl (C=O) groups is 1. The van der Waals surface area contributed by atoms with Gasteiger partial charge in [0.05, 0.1) is 7.11 Å². The van der Waals surface area contributed by atoms with E-state index in [0.717, 1.165) is 23.7 Å². The van der Waals surface area contributed by atoms with Gasteiger partial charge in [0, 0.05) is 23.5 Å². The maximum absolute atomic E-state index is 14.1. The lowest BCUT2D eigenvalue weighted by Crippen LogP contribution is -2.35. The third kappa shape index (κ3) is 4.18. The molecule has 0 unspecified atom stereocenters. The van der Waals surface area contributed by atoms with E-state index in [0.29, 0.717) is 24.2 Å². The molecule has 3 aromatic carbocycles. The largest absolute Gasteiger partial charge is 0.495 e. The van der Waals surface area contributed by atoms with Crippen molar-refractivity contribution in [1.29, 1.82) is 0 Å². The fourth-order valence-corrected chi connectivity index (χ4v) is 5.04. The summed E-state index contributed by atoms with van der Waals surface area (Å²) in [6.07, 6.45) is 1.48. The molecule has 0 aliphatic carbocycles. The Kier molecular flexibility index (Phi) is 5.88. The van der Waals surface area contributed by atoms with Gasteiger partial charge in [0.25, 0.3) is 15.9 Å². The Bertz CT molecular complexity index is 1280. The lowest BCUT2D eigenvalue weighted by Gasteiger charge is -2.30. The number of ether oxygens (including phenoxy) is 1. The van der Waals surface area contributed by atoms with E-state index in [1.165, 1.54) is 20.1 Å². The van der Waals surface area contributed by atoms with Crippen LogP contribution in [0.1, 0.15) is 27.9 Å². The number of hydrogen-bond acceptors (Lipinski definition) is 4. The molecule has 0 atom stereocenters. The van der Waals surface area contributed by atoms with E-state index in [4.69, 9.17) is 4.74 Å². The zero-order valence-corrected chi connectivity index (χ0v) is 18.6. The molecule has 0 saturated heterocycles. The standard InChI is InChI=1S/C24H23FN2O4S/c1-16-13-22(31-2)23(15-20(16)25)32(29,30)26-19-10-11-21-18(14-19)9-6-12-27(21)24(28)17-7-4-3-5-8-17/h3-5,7-8,10-11,13-15,26H,6,9,12H2,1-2H3. The Hall–Kier alpha value is -3.39. The number of carbonyl (C=O) groups excluding carboxylic acids is 1. The van der Waals surface area contributed by atoms with Gasteiger partial charge < -0.3 is 9.64 Å². The number of fused-ring (bicyclic) bond motifs is 1. The van der Waals surface area contributed by atoms with Crippen LogP contribution in [0.3, 0.4) is 0 Å². The van der Waals surface area contributed by atoms with Crippen LogP contribution in [0.4, 0.5) is 15.8 Å². The SMILES string of the molecule is COc1cc(C)c(F)cc1S(=O)(=O)Nc1ccc2c(c1)CCCN2C(=O)c1ccccc1. The van der Waals surface area contributed by atoms with Crippen LogP contribution in [0.25, 0.3) is 0 Å². The maximum atomic E-state index is 14.1. The highest BCUT2D eigenvalue weighted by Crippen LogP contribution is 2.33. The van der Waals surface area contributed by atoms with Gasteiger partial charge in [-0.2, -0.15) is 0 Å². The van der Waals surface area contributed by atoms with Crippen molar-refractivity contribution in [3.05, 3.63) is 83.2 Å². The molecule has 6 nitrogen and oxygen atoms in total. The molecule has 1 aliphatic rings. The summed E-state index contributed by atoms with van der Waals surface area (Å²) in [7, 11) is -2.75. The first-order chi connectivity index (χ1) is 15.3. The topological polar surface area (TPSA) is 75.7 Å². The monoisotopic (exact) mass is 454 g/mol. The van der Waals surface area contributed by atoms with E-state index in [-0.39, 0.29) is 22.1 Å². The molecule has 0 radical (unpaired) electrons. The second kappa shape index (κ2) is 8.63. The Labute approximate surface area is 186 Å². The molecular weight excluding hydrogens is 431 g/mol. The predicted octanol–water partition coefficient (Wildman–Crippen LogP) is 4.54. The van der Waals surface area contributed by atoms with E-state index >= 15 is 0 Å². The number of sulfonamides is 1. The summed E-state index contributed by atoms with van der Waals surface area (Å²) in [5, 5.41) is 0. The molecular formula is C24H23FN2O4S. The summed E-state index contributed by atoms with van der Waals surface area (Å²) in [4.78, 5) is 14.4. The molecule has 0 saturated carbocycles. The van der Waals surface area contributed by atoms with Crippen LogP contribution in [0.5, 0.6) is 5.75 Å². The van der Waals surface area contributed by atoms with E-state index in [2.05, 4.69) is 4.72 Å². The van der Waals surface area contributed by atoms with Gasteiger partial charge in [-0.15, -0.1) is 0 Å². The number of rotatable bonds is 5. The smallest absolute Gasteiger partial charge is 0.265 e. The number of anilines is 2. The van der Waals surface area contributed by atoms with E-state index in [1.54, 1.807) is 35.2 Å². The van der Waals surface area contributed by atoms with Crippen LogP contribution in [-0.4, -0.2) is 28.0 Å². The second-order valence-electron chi connectivity index (χ2n) is 7.63. The van der Waals surface area contributed by atoms with Gasteiger partial charge >= 0.3 is 0 Å². The van der Waals surface area contributed by atoms with Gasteiger partial charge in [0.1, 0.15) is 16.5 Å². The summed E-state index contributed by atoms with van der Waals surface area (Å²) in [5.74, 6) is -0.666. The van der Waals surface area contributed by atoms with Crippen molar-refractivity contribution in [1.82, 2.24) is 0 Å². The predicted molar refractivity (Wildman–Crippen MR) is 121 cm³/mol. The van der Waals surface area contributed by atoms with Crippen LogP contribution in [-0.2, 0) is 16.4 Å². The molecule has 3 aromatic rings. The van der Waals surface area contributed by atoms with Gasteiger partial charge in [0.15, 0.2) is 0 Å². The highest BCUT2D eigenvalue weighted by Gasteiger charge is 2.26. The van der Waals surface area contributed by atoms with Crippen LogP contribution in [0, 0.1) is 12.7 Å². The maximum Gasteiger partial charge on any atom is 0.265 e. The van der Waals surface area contributed by atoms with Gasteiger partial charge in [-0.05, 0) is 73.4 Å². The highest BCUT2D eigenvalue weighted by molar-refractivity contribution is 7.92. The highest BCUT2D eigenvalue weighted by atomic mass is 32.2. The molecule has 32 heavy (non-hydrogen) atoms. The van der Waals surface area contributed by atoms with Crippen molar-refractivity contribution in [2.24, 2.45) is 0 Å². The number of aryl methyl sites for hydroxylation is 2. The minimum Gasteiger partial charge on any atom is -0.495 e. The number of nitrogens with zero attached hydrogens (tertiary/aromatic N) is 1. The van der Waals surface area contributed by atoms with Gasteiger partial charge in [0.2, 0.25) is 0 Å². The molecule has 1 heterocycles. The molecule has 8 heteroatoms. The second-order valence-corrected chi connectivity index (χ2v) is 9.28. The van der Waals surface area contributed by atoms with E-state index in [9.17, 15) is 17.6 Å². The molecule has 1 amide bonds. The van der Waals surface area contributed by atoms with Crippen LogP contribution < -0.4 is 14.4 Å². The lowest BCUT2D eigenvalue weighted by molar-refractivity contribution is 0.0985. The molecule has 1 aliphatic heterocycles. The molecule has 4 rings (SSSR count). The average molecular weight is 455 g/mol. The molecule has 166 valence electrons. The van der Waals surface area contributed by atoms with Crippen molar-refractivity contribution in [3.63, 3.8) is 0 Å². The van der Waals surface area contributed by atoms with Crippen LogP contribution >= 0.6 is 0 Å². The number of hydrogen-bond donors (Lipinski definition) is 1. The number of benzene rings is 3. The Balaban J connectivity index is 1.64. The van der Waals surface area contributed by atoms with Crippen molar-refractivity contribution in [2.45, 2.75) is 24.7 Å². The summed E-state index contributed by atoms with van der Waals surface area (Å²) >= 11 is 0. The Morgan fingerprint density at radius 2 is 1.84 bits per heavy atom. The van der Waals surface area contributed by atoms with Crippen molar-refractivity contribution < 1.29 is 22.3 Å². The van der Waals surface area contributed by atoms with Crippen molar-refractivity contribution in [2.75, 3.05) is 23.3 Å². The van der Waals surface area contributed by atoms with Gasteiger partial charge in [-0.25, -0.2) is 12.8 Å². The van der Waals surface area contributed by atoms with Crippen molar-refractivity contribution in [3.8, 4) is 5.75 Å². The average Bonchev–Trinajstić information content (AvgIpc) is 2.79. The molecule has 0 bridgehead atoms. The first-order valence-corrected chi connectivity index (χ1v) is 11.7. The molecule has 0 aromatic heterocycles. The number of methoxy groups -OCH3 is 1. The fourth-order valence-electron chi connectivity index (χ4n) is 3.82. The van der Waals surface area contributed by atoms with Gasteiger partial charge in [-0.3, -0.25) is 9.52 Å². The summed E-state index contributed by atoms with van der Waals surface area (Å²) in [6.45, 7) is 2.12. The normalized spacial score (nSPS) is 13.4. The van der Waals surface area contributed by atoms with Crippen LogP contribution in [0.2, 0.25) is 0 Å². The first-order valence-electron chi connectivity index (χ1n) is 10.2. The minimum absolute atomic E-state index is 0.0639. The van der Waals surface area contributed by atoms with Crippen molar-refractivity contribution >= 4 is 27.3 Å². The molecule has 1 N–H and O–H groups in total. The van der Waals surface area contributed by atoms with E-state index < -0.39 is 15.8 Å². The summed E-state index contributed by atoms with van der Waals surface area (Å²) in [5.41, 5.74) is 2.84.